The van der Waals surface area contributed by atoms with Gasteiger partial charge in [-0.1, -0.05) is 48.5 Å². The monoisotopic (exact) mass is 643 g/mol. The number of carbonyl (C=O) groups is 2. The molecule has 2 heterocycles. The lowest BCUT2D eigenvalue weighted by Gasteiger charge is -2.64. The fourth-order valence-electron chi connectivity index (χ4n) is 13.6. The third-order valence-electron chi connectivity index (χ3n) is 15.8. The predicted octanol–water partition coefficient (Wildman–Crippen LogP) is 5.04. The van der Waals surface area contributed by atoms with Crippen LogP contribution in [0.1, 0.15) is 99.8 Å². The molecule has 2 spiro atoms. The Balaban J connectivity index is 1.10. The van der Waals surface area contributed by atoms with E-state index in [-0.39, 0.29) is 58.1 Å². The Kier molecular flexibility index (Phi) is 7.76. The topological polar surface area (TPSA) is 115 Å². The number of aliphatic hydroxyl groups excluding tert-OH is 1. The summed E-state index contributed by atoms with van der Waals surface area (Å²) >= 11 is 0. The van der Waals surface area contributed by atoms with Crippen LogP contribution in [0.25, 0.3) is 0 Å². The molecule has 2 aliphatic heterocycles. The molecule has 7 aliphatic rings. The highest BCUT2D eigenvalue weighted by Crippen LogP contribution is 2.89. The molecule has 0 aromatic heterocycles. The van der Waals surface area contributed by atoms with Gasteiger partial charge in [0.25, 0.3) is 0 Å². The van der Waals surface area contributed by atoms with E-state index in [1.165, 1.54) is 25.7 Å². The number of aliphatic hydroxyl groups is 1. The van der Waals surface area contributed by atoms with Gasteiger partial charge < -0.3 is 34.9 Å². The van der Waals surface area contributed by atoms with Gasteiger partial charge in [-0.05, 0) is 96.7 Å². The minimum Gasteiger partial charge on any atom is -0.390 e. The minimum atomic E-state index is -0.518. The molecule has 3 N–H and O–H groups in total. The second-order valence-corrected chi connectivity index (χ2v) is 18.2. The molecule has 2 saturated heterocycles. The Morgan fingerprint density at radius 1 is 1.07 bits per heavy atom. The van der Waals surface area contributed by atoms with E-state index >= 15 is 0 Å². The first-order chi connectivity index (χ1) is 21.5. The Bertz CT molecular complexity index is 1240. The van der Waals surface area contributed by atoms with E-state index in [0.29, 0.717) is 55.3 Å². The summed E-state index contributed by atoms with van der Waals surface area (Å²) < 4.78 is 19.7. The summed E-state index contributed by atoms with van der Waals surface area (Å²) in [6, 6.07) is -0.437. The number of morpholine rings is 1. The Hall–Kier alpha value is -1.42. The van der Waals surface area contributed by atoms with E-state index in [1.807, 2.05) is 18.7 Å². The zero-order valence-electron chi connectivity index (χ0n) is 29.7. The van der Waals surface area contributed by atoms with Crippen LogP contribution < -0.4 is 5.73 Å². The number of rotatable bonds is 5. The van der Waals surface area contributed by atoms with Crippen LogP contribution in [0.4, 0.5) is 4.79 Å². The quantitative estimate of drug-likeness (QED) is 0.434. The molecule has 9 heteroatoms. The Morgan fingerprint density at radius 2 is 1.76 bits per heavy atom. The number of fused-ring (bicyclic) bond motifs is 4. The van der Waals surface area contributed by atoms with Crippen molar-refractivity contribution in [1.82, 2.24) is 9.80 Å². The summed E-state index contributed by atoms with van der Waals surface area (Å²) in [5.41, 5.74) is 5.94. The molecule has 46 heavy (non-hydrogen) atoms. The lowest BCUT2D eigenvalue weighted by Crippen LogP contribution is -2.60. The van der Waals surface area contributed by atoms with E-state index in [9.17, 15) is 14.7 Å². The van der Waals surface area contributed by atoms with Crippen LogP contribution in [0.15, 0.2) is 0 Å². The zero-order chi connectivity index (χ0) is 33.2. The third kappa shape index (κ3) is 4.32. The van der Waals surface area contributed by atoms with E-state index in [0.717, 1.165) is 25.7 Å². The summed E-state index contributed by atoms with van der Waals surface area (Å²) in [4.78, 5) is 28.0. The molecule has 0 unspecified atom stereocenters. The van der Waals surface area contributed by atoms with E-state index in [2.05, 4.69) is 34.6 Å². The van der Waals surface area contributed by atoms with Gasteiger partial charge in [-0.3, -0.25) is 4.79 Å². The van der Waals surface area contributed by atoms with Crippen molar-refractivity contribution in [1.29, 1.82) is 0 Å². The van der Waals surface area contributed by atoms with Crippen molar-refractivity contribution >= 4 is 11.9 Å². The predicted molar refractivity (Wildman–Crippen MR) is 174 cm³/mol. The summed E-state index contributed by atoms with van der Waals surface area (Å²) in [6.45, 7) is 18.2. The number of likely N-dealkylation sites (N-methyl/N-ethyl adjacent to an activating group) is 1. The van der Waals surface area contributed by atoms with Crippen molar-refractivity contribution in [3.05, 3.63) is 0 Å². The fraction of sp³-hybridized carbons (Fsp3) is 0.946. The molecule has 7 fully saturated rings. The van der Waals surface area contributed by atoms with Gasteiger partial charge in [0.1, 0.15) is 0 Å². The van der Waals surface area contributed by atoms with Crippen molar-refractivity contribution in [3.63, 3.8) is 0 Å². The van der Waals surface area contributed by atoms with Gasteiger partial charge in [-0.25, -0.2) is 4.79 Å². The molecule has 13 atom stereocenters. The average Bonchev–Trinajstić information content (AvgIpc) is 3.63. The SMILES string of the molecule is CC(C)C(=O)N1CCO[C@@H](O[C@H]2CC[C@]34C[C@]35CC[C@]3(C)[C@H]6[C@H](O[C@@H](CN(C)C(N)=O)C[C@H]6C)[C@H](O)[C@@]3(C)[C@@H]5CC[C@H]4C2(C)C)C1. The van der Waals surface area contributed by atoms with Crippen LogP contribution in [-0.4, -0.2) is 90.8 Å². The van der Waals surface area contributed by atoms with Crippen molar-refractivity contribution in [2.24, 2.45) is 62.4 Å². The first-order valence-corrected chi connectivity index (χ1v) is 18.4. The molecule has 5 aliphatic carbocycles. The molecule has 260 valence electrons. The second kappa shape index (κ2) is 10.8. The molecule has 0 aromatic rings. The van der Waals surface area contributed by atoms with Gasteiger partial charge in [0.05, 0.1) is 37.6 Å². The molecule has 9 nitrogen and oxygen atoms in total. The van der Waals surface area contributed by atoms with Crippen molar-refractivity contribution in [3.8, 4) is 0 Å². The summed E-state index contributed by atoms with van der Waals surface area (Å²) in [7, 11) is 1.73. The lowest BCUT2D eigenvalue weighted by molar-refractivity contribution is -0.248. The standard InChI is InChI=1S/C37H61N3O6/c1-21(2)31(42)40-15-16-44-27(19-40)46-26-11-12-36-20-37(36)14-13-34(6)28-22(3)17-23(18-39(8)32(38)43)45-29(28)30(41)35(34,7)25(37)10-9-24(36)33(26,4)5/h21-30,41H,9-20H2,1-8H3,(H2,38,43)/t22-,23-,24+,25+,26+,27+,28-,29+,30+,34-,35-,36-,37+/m1/s1. The second-order valence-electron chi connectivity index (χ2n) is 18.2. The smallest absolute Gasteiger partial charge is 0.314 e. The van der Waals surface area contributed by atoms with Crippen molar-refractivity contribution < 1.29 is 28.9 Å². The van der Waals surface area contributed by atoms with Crippen LogP contribution in [0, 0.1) is 56.7 Å². The average molecular weight is 644 g/mol. The van der Waals surface area contributed by atoms with E-state index < -0.39 is 12.1 Å². The van der Waals surface area contributed by atoms with Gasteiger partial charge in [0, 0.05) is 31.5 Å². The molecular weight excluding hydrogens is 582 g/mol. The van der Waals surface area contributed by atoms with Crippen molar-refractivity contribution in [2.45, 2.75) is 131 Å². The number of ether oxygens (including phenoxy) is 3. The maximum atomic E-state index is 12.7. The molecule has 0 aromatic carbocycles. The largest absolute Gasteiger partial charge is 0.390 e. The molecule has 0 bridgehead atoms. The number of nitrogens with zero attached hydrogens (tertiary/aromatic N) is 2. The summed E-state index contributed by atoms with van der Waals surface area (Å²) in [5.74, 6) is 1.92. The van der Waals surface area contributed by atoms with Crippen LogP contribution in [-0.2, 0) is 19.0 Å². The number of nitrogens with two attached hydrogens (primary N) is 1. The van der Waals surface area contributed by atoms with Crippen LogP contribution in [0.3, 0.4) is 0 Å². The summed E-state index contributed by atoms with van der Waals surface area (Å²) in [6.07, 6.45) is 7.97. The molecule has 5 saturated carbocycles. The van der Waals surface area contributed by atoms with Gasteiger partial charge >= 0.3 is 6.03 Å². The number of hydrogen-bond acceptors (Lipinski definition) is 6. The number of hydrogen-bond donors (Lipinski definition) is 2. The highest BCUT2D eigenvalue weighted by molar-refractivity contribution is 5.78. The highest BCUT2D eigenvalue weighted by Gasteiger charge is 2.84. The number of urea groups is 1. The van der Waals surface area contributed by atoms with Gasteiger partial charge in [0.15, 0.2) is 6.29 Å². The van der Waals surface area contributed by atoms with Crippen LogP contribution in [0.5, 0.6) is 0 Å². The van der Waals surface area contributed by atoms with Gasteiger partial charge in [-0.15, -0.1) is 0 Å². The lowest BCUT2D eigenvalue weighted by atomic mass is 9.41. The van der Waals surface area contributed by atoms with Crippen molar-refractivity contribution in [2.75, 3.05) is 33.3 Å². The first-order valence-electron chi connectivity index (χ1n) is 18.4. The van der Waals surface area contributed by atoms with E-state index in [4.69, 9.17) is 19.9 Å². The fourth-order valence-corrected chi connectivity index (χ4v) is 13.6. The number of amides is 3. The van der Waals surface area contributed by atoms with Crippen LogP contribution in [0.2, 0.25) is 0 Å². The molecular formula is C37H61N3O6. The molecule has 3 amide bonds. The maximum Gasteiger partial charge on any atom is 0.314 e. The third-order valence-corrected chi connectivity index (χ3v) is 15.8. The normalized spacial score (nSPS) is 50.5. The van der Waals surface area contributed by atoms with Crippen LogP contribution >= 0.6 is 0 Å². The highest BCUT2D eigenvalue weighted by atomic mass is 16.7. The first kappa shape index (κ1) is 33.1. The minimum absolute atomic E-state index is 0.00164. The zero-order valence-corrected chi connectivity index (χ0v) is 29.7. The number of primary amides is 1. The molecule has 7 rings (SSSR count). The Morgan fingerprint density at radius 3 is 2.46 bits per heavy atom. The number of carbonyl (C=O) groups excluding carboxylic acids is 2. The Labute approximate surface area is 276 Å². The summed E-state index contributed by atoms with van der Waals surface area (Å²) in [5, 5.41) is 12.4. The molecule has 0 radical (unpaired) electrons. The van der Waals surface area contributed by atoms with Gasteiger partial charge in [0.2, 0.25) is 5.91 Å². The maximum absolute atomic E-state index is 12.7. The van der Waals surface area contributed by atoms with E-state index in [1.54, 1.807) is 11.9 Å². The van der Waals surface area contributed by atoms with Gasteiger partial charge in [-0.2, -0.15) is 0 Å².